The molecule has 0 bridgehead atoms. The van der Waals surface area contributed by atoms with Gasteiger partial charge >= 0.3 is 0 Å². The van der Waals surface area contributed by atoms with Gasteiger partial charge in [0.1, 0.15) is 40.3 Å². The lowest BCUT2D eigenvalue weighted by Gasteiger charge is -2.25. The summed E-state index contributed by atoms with van der Waals surface area (Å²) in [6.45, 7) is 11.7. The highest BCUT2D eigenvalue weighted by molar-refractivity contribution is 6.77. The van der Waals surface area contributed by atoms with E-state index in [1.807, 2.05) is 31.2 Å². The van der Waals surface area contributed by atoms with Crippen molar-refractivity contribution in [3.8, 4) is 22.8 Å². The lowest BCUT2D eigenvalue weighted by Crippen LogP contribution is -2.38. The predicted octanol–water partition coefficient (Wildman–Crippen LogP) is 7.34. The summed E-state index contributed by atoms with van der Waals surface area (Å²) in [4.78, 5) is 14.0. The number of hydrogen-bond acceptors (Lipinski definition) is 6. The normalized spacial score (nSPS) is 15.6. The number of hydrogen-bond donors (Lipinski definition) is 0. The number of halogens is 2. The fourth-order valence-corrected chi connectivity index (χ4v) is 5.24. The van der Waals surface area contributed by atoms with Crippen LogP contribution in [0.2, 0.25) is 24.7 Å². The summed E-state index contributed by atoms with van der Waals surface area (Å²) in [6.07, 6.45) is 6.29. The molecule has 3 aromatic heterocycles. The minimum atomic E-state index is -1.43. The first-order chi connectivity index (χ1) is 19.0. The molecule has 0 spiro atoms. The van der Waals surface area contributed by atoms with Crippen LogP contribution in [0.5, 0.6) is 11.5 Å². The molecule has 0 amide bonds. The lowest BCUT2D eigenvalue weighted by molar-refractivity contribution is 0.0578. The number of ether oxygens (including phenoxy) is 2. The van der Waals surface area contributed by atoms with E-state index in [0.29, 0.717) is 52.8 Å². The standard InChI is InChI=1S/C29H32ClFN6O2Si/c1-18-34-22-7-6-21(12-25(22)37(18)17-38-19(2)40(3,4)5)39-26-9-8-23-28(27(26)30)35-24(14-32-23)20-13-33-36(15-20)16-29(31)10-11-29/h6-9,12-15,19H,10-11,16-17H2,1-5H3. The number of benzene rings is 2. The second-order valence-electron chi connectivity index (χ2n) is 11.7. The maximum absolute atomic E-state index is 14.2. The minimum Gasteiger partial charge on any atom is -0.456 e. The maximum atomic E-state index is 14.2. The first kappa shape index (κ1) is 26.9. The van der Waals surface area contributed by atoms with Gasteiger partial charge in [-0.05, 0) is 51.0 Å². The largest absolute Gasteiger partial charge is 0.456 e. The number of rotatable bonds is 9. The van der Waals surface area contributed by atoms with Gasteiger partial charge in [-0.3, -0.25) is 9.67 Å². The molecule has 1 atom stereocenters. The molecule has 5 aromatic rings. The van der Waals surface area contributed by atoms with Gasteiger partial charge in [-0.1, -0.05) is 31.2 Å². The first-order valence-electron chi connectivity index (χ1n) is 13.4. The van der Waals surface area contributed by atoms with E-state index in [1.54, 1.807) is 29.3 Å². The van der Waals surface area contributed by atoms with Gasteiger partial charge in [-0.25, -0.2) is 14.4 Å². The third-order valence-electron chi connectivity index (χ3n) is 7.60. The van der Waals surface area contributed by atoms with E-state index in [4.69, 9.17) is 26.1 Å². The zero-order valence-corrected chi connectivity index (χ0v) is 25.0. The second-order valence-corrected chi connectivity index (χ2v) is 17.6. The predicted molar refractivity (Wildman–Crippen MR) is 157 cm³/mol. The van der Waals surface area contributed by atoms with Crippen molar-refractivity contribution in [1.82, 2.24) is 29.3 Å². The van der Waals surface area contributed by atoms with Crippen LogP contribution in [0.3, 0.4) is 0 Å². The molecule has 3 heterocycles. The van der Waals surface area contributed by atoms with Gasteiger partial charge in [0.2, 0.25) is 0 Å². The monoisotopic (exact) mass is 578 g/mol. The molecule has 0 saturated heterocycles. The number of imidazole rings is 1. The van der Waals surface area contributed by atoms with Crippen LogP contribution < -0.4 is 4.74 Å². The summed E-state index contributed by atoms with van der Waals surface area (Å²) in [5, 5.41) is 4.66. The molecule has 0 radical (unpaired) electrons. The van der Waals surface area contributed by atoms with Crippen LogP contribution in [0.25, 0.3) is 33.3 Å². The van der Waals surface area contributed by atoms with E-state index in [9.17, 15) is 4.39 Å². The van der Waals surface area contributed by atoms with Crippen LogP contribution in [0.1, 0.15) is 25.6 Å². The average Bonchev–Trinajstić information content (AvgIpc) is 3.31. The van der Waals surface area contributed by atoms with Crippen molar-refractivity contribution in [2.45, 2.75) is 71.0 Å². The van der Waals surface area contributed by atoms with Crippen molar-refractivity contribution >= 4 is 41.7 Å². The summed E-state index contributed by atoms with van der Waals surface area (Å²) in [6, 6.07) is 9.38. The Hall–Kier alpha value is -3.34. The minimum absolute atomic E-state index is 0.207. The zero-order valence-electron chi connectivity index (χ0n) is 23.3. The Morgan fingerprint density at radius 2 is 1.88 bits per heavy atom. The summed E-state index contributed by atoms with van der Waals surface area (Å²) in [5.74, 6) is 1.97. The highest BCUT2D eigenvalue weighted by Gasteiger charge is 2.43. The van der Waals surface area contributed by atoms with Crippen LogP contribution >= 0.6 is 11.6 Å². The topological polar surface area (TPSA) is 79.9 Å². The van der Waals surface area contributed by atoms with Crippen molar-refractivity contribution in [3.63, 3.8) is 0 Å². The zero-order chi connectivity index (χ0) is 28.2. The highest BCUT2D eigenvalue weighted by atomic mass is 35.5. The molecule has 0 N–H and O–H groups in total. The van der Waals surface area contributed by atoms with Gasteiger partial charge in [0, 0.05) is 23.6 Å². The third-order valence-corrected chi connectivity index (χ3v) is 10.6. The Balaban J connectivity index is 1.27. The molecule has 6 rings (SSSR count). The molecular weight excluding hydrogens is 547 g/mol. The molecule has 0 aliphatic heterocycles. The van der Waals surface area contributed by atoms with Gasteiger partial charge in [0.25, 0.3) is 0 Å². The molecule has 1 saturated carbocycles. The fourth-order valence-electron chi connectivity index (χ4n) is 4.42. The lowest BCUT2D eigenvalue weighted by atomic mass is 10.2. The first-order valence-corrected chi connectivity index (χ1v) is 17.4. The Morgan fingerprint density at radius 3 is 2.62 bits per heavy atom. The summed E-state index contributed by atoms with van der Waals surface area (Å²) < 4.78 is 30.3. The SMILES string of the molecule is Cc1nc2ccc(Oc3ccc4ncc(-c5cnn(CC6(F)CC6)c5)nc4c3Cl)cc2n1COC(C)[Si](C)(C)C. The summed E-state index contributed by atoms with van der Waals surface area (Å²) in [5.41, 5.74) is 3.39. The Morgan fingerprint density at radius 1 is 1.10 bits per heavy atom. The van der Waals surface area contributed by atoms with E-state index < -0.39 is 13.7 Å². The fraction of sp³-hybridized carbons (Fsp3) is 0.379. The molecule has 1 aliphatic rings. The second kappa shape index (κ2) is 9.93. The molecular formula is C29H32ClFN6O2Si. The number of fused-ring (bicyclic) bond motifs is 2. The van der Waals surface area contributed by atoms with E-state index in [-0.39, 0.29) is 12.3 Å². The molecule has 2 aromatic carbocycles. The van der Waals surface area contributed by atoms with Crippen LogP contribution in [-0.2, 0) is 18.0 Å². The van der Waals surface area contributed by atoms with Crippen molar-refractivity contribution in [3.05, 3.63) is 59.8 Å². The summed E-state index contributed by atoms with van der Waals surface area (Å²) in [7, 11) is -1.43. The average molecular weight is 579 g/mol. The van der Waals surface area contributed by atoms with Gasteiger partial charge in [-0.15, -0.1) is 0 Å². The molecule has 1 aliphatic carbocycles. The Bertz CT molecular complexity index is 1730. The molecule has 1 fully saturated rings. The van der Waals surface area contributed by atoms with E-state index in [1.165, 1.54) is 0 Å². The molecule has 40 heavy (non-hydrogen) atoms. The van der Waals surface area contributed by atoms with Crippen LogP contribution in [-0.4, -0.2) is 48.8 Å². The van der Waals surface area contributed by atoms with Crippen molar-refractivity contribution in [1.29, 1.82) is 0 Å². The van der Waals surface area contributed by atoms with E-state index >= 15 is 0 Å². The number of nitrogens with zero attached hydrogens (tertiary/aromatic N) is 6. The van der Waals surface area contributed by atoms with Crippen molar-refractivity contribution < 1.29 is 13.9 Å². The molecule has 208 valence electrons. The van der Waals surface area contributed by atoms with E-state index in [2.05, 4.69) is 46.2 Å². The molecule has 11 heteroatoms. The van der Waals surface area contributed by atoms with Crippen LogP contribution in [0.15, 0.2) is 48.9 Å². The van der Waals surface area contributed by atoms with Gasteiger partial charge < -0.3 is 14.0 Å². The number of aryl methyl sites for hydroxylation is 1. The third kappa shape index (κ3) is 5.35. The van der Waals surface area contributed by atoms with Crippen molar-refractivity contribution in [2.24, 2.45) is 0 Å². The highest BCUT2D eigenvalue weighted by Crippen LogP contribution is 2.41. The number of aromatic nitrogens is 6. The van der Waals surface area contributed by atoms with Gasteiger partial charge in [-0.2, -0.15) is 5.10 Å². The summed E-state index contributed by atoms with van der Waals surface area (Å²) >= 11 is 6.80. The molecule has 8 nitrogen and oxygen atoms in total. The molecule has 1 unspecified atom stereocenters. The van der Waals surface area contributed by atoms with Crippen LogP contribution in [0.4, 0.5) is 4.39 Å². The quantitative estimate of drug-likeness (QED) is 0.170. The Kier molecular flexibility index (Phi) is 6.67. The number of alkyl halides is 1. The van der Waals surface area contributed by atoms with E-state index in [0.717, 1.165) is 22.4 Å². The Labute approximate surface area is 238 Å². The maximum Gasteiger partial charge on any atom is 0.148 e. The van der Waals surface area contributed by atoms with Gasteiger partial charge in [0.05, 0.1) is 49.3 Å². The van der Waals surface area contributed by atoms with Crippen LogP contribution in [0, 0.1) is 6.92 Å². The smallest absolute Gasteiger partial charge is 0.148 e. The van der Waals surface area contributed by atoms with Crippen molar-refractivity contribution in [2.75, 3.05) is 0 Å². The van der Waals surface area contributed by atoms with Gasteiger partial charge in [0.15, 0.2) is 0 Å².